The van der Waals surface area contributed by atoms with Crippen molar-refractivity contribution in [3.63, 3.8) is 0 Å². The fraction of sp³-hybridized carbons (Fsp3) is 0.529. The molecule has 4 nitrogen and oxygen atoms in total. The number of benzene rings is 1. The van der Waals surface area contributed by atoms with Crippen LogP contribution in [0.15, 0.2) is 30.2 Å². The Morgan fingerprint density at radius 2 is 2.17 bits per heavy atom. The smallest absolute Gasteiger partial charge is 0.281 e. The average molecular weight is 357 g/mol. The Kier molecular flexibility index (Phi) is 3.84. The number of hydrogen-bond donors (Lipinski definition) is 0. The predicted octanol–water partition coefficient (Wildman–Crippen LogP) is 3.46. The van der Waals surface area contributed by atoms with Crippen molar-refractivity contribution >= 4 is 11.6 Å². The van der Waals surface area contributed by atoms with Crippen LogP contribution in [-0.4, -0.2) is 47.8 Å². The summed E-state index contributed by atoms with van der Waals surface area (Å²) in [6.07, 6.45) is 1.92. The van der Waals surface area contributed by atoms with Gasteiger partial charge in [0.1, 0.15) is 12.4 Å². The summed E-state index contributed by atoms with van der Waals surface area (Å²) < 4.78 is 38.4. The van der Waals surface area contributed by atoms with Gasteiger partial charge in [0.2, 0.25) is 5.88 Å². The minimum atomic E-state index is -2.83. The molecule has 0 saturated carbocycles. The van der Waals surface area contributed by atoms with Crippen LogP contribution >= 0.6 is 11.6 Å². The van der Waals surface area contributed by atoms with Crippen molar-refractivity contribution < 1.29 is 18.3 Å². The number of rotatable bonds is 2. The number of hydrogen-bond acceptors (Lipinski definition) is 4. The molecule has 0 radical (unpaired) electrons. The molecule has 3 aliphatic heterocycles. The lowest BCUT2D eigenvalue weighted by Crippen LogP contribution is -2.53. The highest BCUT2D eigenvalue weighted by atomic mass is 35.5. The maximum Gasteiger partial charge on any atom is 0.281 e. The highest BCUT2D eigenvalue weighted by molar-refractivity contribution is 6.30. The predicted molar refractivity (Wildman–Crippen MR) is 86.0 cm³/mol. The molecule has 3 heterocycles. The second-order valence-corrected chi connectivity index (χ2v) is 7.00. The van der Waals surface area contributed by atoms with Crippen molar-refractivity contribution in [1.82, 2.24) is 10.0 Å². The van der Waals surface area contributed by atoms with Gasteiger partial charge in [-0.15, -0.1) is 0 Å². The van der Waals surface area contributed by atoms with Crippen molar-refractivity contribution in [3.8, 4) is 5.75 Å². The van der Waals surface area contributed by atoms with Gasteiger partial charge >= 0.3 is 0 Å². The molecule has 1 fully saturated rings. The van der Waals surface area contributed by atoms with Crippen LogP contribution in [0.4, 0.5) is 8.78 Å². The topological polar surface area (TPSA) is 24.9 Å². The van der Waals surface area contributed by atoms with Crippen LogP contribution in [0, 0.1) is 0 Å². The van der Waals surface area contributed by atoms with Crippen LogP contribution in [-0.2, 0) is 11.2 Å². The molecular formula is C17H19ClF2N2O2. The molecule has 1 unspecified atom stereocenters. The van der Waals surface area contributed by atoms with E-state index in [0.717, 1.165) is 24.7 Å². The number of hydrazine groups is 1. The number of nitrogens with zero attached hydrogens (tertiary/aromatic N) is 2. The first-order valence-corrected chi connectivity index (χ1v) is 8.49. The number of halogens is 3. The van der Waals surface area contributed by atoms with Crippen molar-refractivity contribution in [2.24, 2.45) is 0 Å². The van der Waals surface area contributed by atoms with Crippen LogP contribution < -0.4 is 4.74 Å². The summed E-state index contributed by atoms with van der Waals surface area (Å²) in [4.78, 5) is 0. The van der Waals surface area contributed by atoms with E-state index in [0.29, 0.717) is 37.0 Å². The molecule has 1 saturated heterocycles. The molecule has 4 rings (SSSR count). The molecule has 0 aliphatic carbocycles. The van der Waals surface area contributed by atoms with Gasteiger partial charge in [0.05, 0.1) is 6.04 Å². The third kappa shape index (κ3) is 2.82. The first-order valence-electron chi connectivity index (χ1n) is 8.12. The van der Waals surface area contributed by atoms with Gasteiger partial charge in [-0.2, -0.15) is 0 Å². The SMILES string of the molecule is CC(F)(F)C1CCN2C(=CCN2[C@H]2COc3ccc(Cl)cc3C2)O1. The molecular weight excluding hydrogens is 338 g/mol. The molecule has 0 aromatic heterocycles. The monoisotopic (exact) mass is 356 g/mol. The second-order valence-electron chi connectivity index (χ2n) is 6.56. The van der Waals surface area contributed by atoms with E-state index in [1.54, 1.807) is 0 Å². The van der Waals surface area contributed by atoms with E-state index < -0.39 is 12.0 Å². The lowest BCUT2D eigenvalue weighted by Gasteiger charge is -2.43. The van der Waals surface area contributed by atoms with Crippen LogP contribution in [0.1, 0.15) is 18.9 Å². The molecule has 0 N–H and O–H groups in total. The van der Waals surface area contributed by atoms with Gasteiger partial charge < -0.3 is 9.47 Å². The number of ether oxygens (including phenoxy) is 2. The highest BCUT2D eigenvalue weighted by Crippen LogP contribution is 2.36. The van der Waals surface area contributed by atoms with Crippen molar-refractivity contribution in [3.05, 3.63) is 40.7 Å². The Balaban J connectivity index is 1.47. The zero-order chi connectivity index (χ0) is 16.9. The Hall–Kier alpha value is -1.53. The summed E-state index contributed by atoms with van der Waals surface area (Å²) in [7, 11) is 0. The van der Waals surface area contributed by atoms with E-state index in [1.807, 2.05) is 29.3 Å². The quantitative estimate of drug-likeness (QED) is 0.810. The molecule has 2 atom stereocenters. The van der Waals surface area contributed by atoms with Gasteiger partial charge in [-0.3, -0.25) is 5.01 Å². The minimum absolute atomic E-state index is 0.131. The molecule has 1 aromatic rings. The van der Waals surface area contributed by atoms with Crippen LogP contribution in [0.3, 0.4) is 0 Å². The van der Waals surface area contributed by atoms with E-state index in [9.17, 15) is 8.78 Å². The molecule has 130 valence electrons. The summed E-state index contributed by atoms with van der Waals surface area (Å²) in [5.41, 5.74) is 1.07. The Labute approximate surface area is 144 Å². The van der Waals surface area contributed by atoms with Crippen LogP contribution in [0.2, 0.25) is 5.02 Å². The van der Waals surface area contributed by atoms with Gasteiger partial charge in [-0.05, 0) is 36.3 Å². The van der Waals surface area contributed by atoms with E-state index in [-0.39, 0.29) is 6.04 Å². The van der Waals surface area contributed by atoms with E-state index in [2.05, 4.69) is 5.01 Å². The maximum absolute atomic E-state index is 13.5. The second kappa shape index (κ2) is 5.77. The van der Waals surface area contributed by atoms with Gasteiger partial charge in [0.15, 0.2) is 6.10 Å². The summed E-state index contributed by atoms with van der Waals surface area (Å²) in [5.74, 6) is -1.43. The zero-order valence-electron chi connectivity index (χ0n) is 13.3. The van der Waals surface area contributed by atoms with E-state index in [1.165, 1.54) is 0 Å². The molecule has 0 spiro atoms. The Bertz CT molecular complexity index is 677. The summed E-state index contributed by atoms with van der Waals surface area (Å²) in [6, 6.07) is 5.76. The molecule has 24 heavy (non-hydrogen) atoms. The van der Waals surface area contributed by atoms with E-state index in [4.69, 9.17) is 21.1 Å². The normalized spacial score (nSPS) is 27.0. The molecule has 7 heteroatoms. The third-order valence-electron chi connectivity index (χ3n) is 4.78. The van der Waals surface area contributed by atoms with Crippen LogP contribution in [0.25, 0.3) is 0 Å². The third-order valence-corrected chi connectivity index (χ3v) is 5.01. The largest absolute Gasteiger partial charge is 0.492 e. The molecule has 0 amide bonds. The highest BCUT2D eigenvalue weighted by Gasteiger charge is 2.44. The molecule has 1 aromatic carbocycles. The molecule has 3 aliphatic rings. The van der Waals surface area contributed by atoms with Gasteiger partial charge in [0, 0.05) is 31.5 Å². The van der Waals surface area contributed by atoms with E-state index >= 15 is 0 Å². The van der Waals surface area contributed by atoms with Crippen LogP contribution in [0.5, 0.6) is 5.75 Å². The summed E-state index contributed by atoms with van der Waals surface area (Å²) in [5, 5.41) is 4.79. The lowest BCUT2D eigenvalue weighted by atomic mass is 10.0. The Morgan fingerprint density at radius 3 is 2.96 bits per heavy atom. The van der Waals surface area contributed by atoms with Gasteiger partial charge in [-0.25, -0.2) is 13.8 Å². The fourth-order valence-electron chi connectivity index (χ4n) is 3.54. The van der Waals surface area contributed by atoms with Gasteiger partial charge in [-0.1, -0.05) is 11.6 Å². The maximum atomic E-state index is 13.5. The first-order chi connectivity index (χ1) is 11.4. The number of fused-ring (bicyclic) bond motifs is 2. The summed E-state index contributed by atoms with van der Waals surface area (Å²) in [6.45, 7) is 2.63. The number of alkyl halides is 2. The summed E-state index contributed by atoms with van der Waals surface area (Å²) >= 11 is 6.07. The van der Waals surface area contributed by atoms with Crippen molar-refractivity contribution in [2.45, 2.75) is 37.8 Å². The molecule has 0 bridgehead atoms. The fourth-order valence-corrected chi connectivity index (χ4v) is 3.73. The lowest BCUT2D eigenvalue weighted by molar-refractivity contribution is -0.173. The van der Waals surface area contributed by atoms with Crippen molar-refractivity contribution in [1.29, 1.82) is 0 Å². The average Bonchev–Trinajstić information content (AvgIpc) is 2.96. The van der Waals surface area contributed by atoms with Gasteiger partial charge in [0.25, 0.3) is 5.92 Å². The Morgan fingerprint density at radius 1 is 1.33 bits per heavy atom. The minimum Gasteiger partial charge on any atom is -0.492 e. The standard InChI is InChI=1S/C17H19ClF2N2O2/c1-17(19,20)15-4-6-22-16(24-15)5-7-21(22)13-9-11-8-12(18)2-3-14(11)23-10-13/h2-3,5,8,13,15H,4,6-7,9-10H2,1H3/t13-,15?/m1/s1. The van der Waals surface area contributed by atoms with Crippen molar-refractivity contribution in [2.75, 3.05) is 19.7 Å². The zero-order valence-corrected chi connectivity index (χ0v) is 14.1. The first kappa shape index (κ1) is 16.0.